The highest BCUT2D eigenvalue weighted by Crippen LogP contribution is 2.26. The van der Waals surface area contributed by atoms with Gasteiger partial charge < -0.3 is 0 Å². The monoisotopic (exact) mass is 373 g/mol. The Hall–Kier alpha value is -0.960. The van der Waals surface area contributed by atoms with Gasteiger partial charge in [-0.25, -0.2) is 8.78 Å². The summed E-state index contributed by atoms with van der Waals surface area (Å²) in [4.78, 5) is -0.131. The number of halogens is 4. The second-order valence-electron chi connectivity index (χ2n) is 4.94. The van der Waals surface area contributed by atoms with Gasteiger partial charge in [0.05, 0.1) is 10.6 Å². The first-order valence-electron chi connectivity index (χ1n) is 7.05. The molecular formula is C14H19F4NO2S2. The molecule has 0 N–H and O–H groups in total. The van der Waals surface area contributed by atoms with Crippen molar-refractivity contribution in [3.05, 3.63) is 30.3 Å². The van der Waals surface area contributed by atoms with E-state index in [1.165, 1.54) is 24.3 Å². The van der Waals surface area contributed by atoms with Crippen molar-refractivity contribution >= 4 is 20.7 Å². The molecule has 0 bridgehead atoms. The molecule has 1 rings (SSSR count). The Labute approximate surface area is 136 Å². The third-order valence-electron chi connectivity index (χ3n) is 2.91. The van der Waals surface area contributed by atoms with Gasteiger partial charge in [0.2, 0.25) is 0 Å². The largest absolute Gasteiger partial charge is 0.317 e. The minimum absolute atomic E-state index is 0.0578. The molecule has 0 amide bonds. The predicted octanol–water partition coefficient (Wildman–Crippen LogP) is 4.27. The zero-order valence-corrected chi connectivity index (χ0v) is 14.2. The number of nitrogens with zero attached hydrogens (tertiary/aromatic N) is 1. The van der Waals surface area contributed by atoms with Gasteiger partial charge in [0.25, 0.3) is 10.0 Å². The van der Waals surface area contributed by atoms with E-state index in [2.05, 4.69) is 3.77 Å². The third kappa shape index (κ3) is 6.58. The first-order chi connectivity index (χ1) is 10.7. The lowest BCUT2D eigenvalue weighted by Gasteiger charge is -2.17. The molecule has 0 saturated heterocycles. The molecule has 23 heavy (non-hydrogen) atoms. The van der Waals surface area contributed by atoms with Gasteiger partial charge in [-0.1, -0.05) is 48.7 Å². The quantitative estimate of drug-likeness (QED) is 0.479. The summed E-state index contributed by atoms with van der Waals surface area (Å²) in [5, 5.41) is 0. The second-order valence-corrected chi connectivity index (χ2v) is 8.58. The van der Waals surface area contributed by atoms with E-state index < -0.39 is 38.8 Å². The lowest BCUT2D eigenvalue weighted by Crippen LogP contribution is -2.34. The van der Waals surface area contributed by atoms with E-state index in [-0.39, 0.29) is 10.6 Å². The van der Waals surface area contributed by atoms with Crippen LogP contribution in [0.25, 0.3) is 0 Å². The molecule has 0 heterocycles. The van der Waals surface area contributed by atoms with Gasteiger partial charge >= 0.3 is 12.3 Å². The van der Waals surface area contributed by atoms with E-state index in [4.69, 9.17) is 0 Å². The number of rotatable bonds is 9. The highest BCUT2D eigenvalue weighted by Gasteiger charge is 2.41. The van der Waals surface area contributed by atoms with E-state index in [9.17, 15) is 26.0 Å². The summed E-state index contributed by atoms with van der Waals surface area (Å²) in [7, 11) is -5.81. The molecule has 0 aromatic heterocycles. The van der Waals surface area contributed by atoms with Gasteiger partial charge in [-0.3, -0.25) is 0 Å². The van der Waals surface area contributed by atoms with Crippen LogP contribution >= 0.6 is 0 Å². The fourth-order valence-electron chi connectivity index (χ4n) is 1.71. The molecule has 0 radical (unpaired) electrons. The summed E-state index contributed by atoms with van der Waals surface area (Å²) in [6.07, 6.45) is -1.87. The maximum absolute atomic E-state index is 13.3. The zero-order valence-electron chi connectivity index (χ0n) is 12.6. The summed E-state index contributed by atoms with van der Waals surface area (Å²) in [6, 6.07) is 7.14. The van der Waals surface area contributed by atoms with E-state index in [0.717, 1.165) is 6.42 Å². The summed E-state index contributed by atoms with van der Waals surface area (Å²) < 4.78 is 79.1. The van der Waals surface area contributed by atoms with Crippen LogP contribution in [0.2, 0.25) is 0 Å². The normalized spacial score (nSPS) is 14.3. The van der Waals surface area contributed by atoms with Gasteiger partial charge in [-0.2, -0.15) is 17.2 Å². The highest BCUT2D eigenvalue weighted by molar-refractivity contribution is 8.00. The molecule has 1 aromatic carbocycles. The van der Waals surface area contributed by atoms with Crippen LogP contribution in [-0.2, 0) is 20.7 Å². The van der Waals surface area contributed by atoms with Crippen LogP contribution in [0.3, 0.4) is 0 Å². The van der Waals surface area contributed by atoms with Gasteiger partial charge in [0, 0.05) is 5.75 Å². The van der Waals surface area contributed by atoms with Gasteiger partial charge in [-0.05, 0) is 18.6 Å². The van der Waals surface area contributed by atoms with Gasteiger partial charge in [-0.15, -0.1) is 3.77 Å². The van der Waals surface area contributed by atoms with Gasteiger partial charge in [0.1, 0.15) is 0 Å². The molecule has 0 unspecified atom stereocenters. The minimum atomic E-state index is -4.25. The number of hydrogen-bond donors (Lipinski definition) is 0. The van der Waals surface area contributed by atoms with E-state index in [1.807, 2.05) is 6.92 Å². The molecule has 1 aromatic rings. The highest BCUT2D eigenvalue weighted by atomic mass is 32.3. The molecular weight excluding hydrogens is 354 g/mol. The summed E-state index contributed by atoms with van der Waals surface area (Å²) in [6.45, 7) is 1.89. The first-order valence-corrected chi connectivity index (χ1v) is 10.0. The Bertz CT molecular complexity index is 619. The summed E-state index contributed by atoms with van der Waals surface area (Å²) in [5.74, 6) is -5.44. The van der Waals surface area contributed by atoms with E-state index in [1.54, 1.807) is 6.07 Å². The first kappa shape index (κ1) is 20.1. The molecule has 0 fully saturated rings. The maximum atomic E-state index is 13.3. The molecule has 9 heteroatoms. The number of sulfonamides is 1. The molecule has 3 nitrogen and oxygen atoms in total. The molecule has 1 atom stereocenters. The average molecular weight is 373 g/mol. The fraction of sp³-hybridized carbons (Fsp3) is 0.571. The molecule has 0 aliphatic carbocycles. The zero-order chi connectivity index (χ0) is 17.5. The lowest BCUT2D eigenvalue weighted by molar-refractivity contribution is -0.110. The predicted molar refractivity (Wildman–Crippen MR) is 83.6 cm³/mol. The number of benzene rings is 1. The Morgan fingerprint density at radius 2 is 1.78 bits per heavy atom. The van der Waals surface area contributed by atoms with Crippen molar-refractivity contribution in [3.8, 4) is 0 Å². The molecule has 132 valence electrons. The van der Waals surface area contributed by atoms with Crippen molar-refractivity contribution in [1.82, 2.24) is 0 Å². The Kier molecular flexibility index (Phi) is 7.66. The summed E-state index contributed by atoms with van der Waals surface area (Å²) in [5.41, 5.74) is 0. The minimum Gasteiger partial charge on any atom is -0.204 e. The molecule has 0 aliphatic heterocycles. The van der Waals surface area contributed by atoms with Crippen LogP contribution in [0.15, 0.2) is 39.0 Å². The van der Waals surface area contributed by atoms with Crippen LogP contribution in [0.4, 0.5) is 17.6 Å². The van der Waals surface area contributed by atoms with Crippen molar-refractivity contribution in [1.29, 1.82) is 0 Å². The fourth-order valence-corrected chi connectivity index (χ4v) is 5.43. The Balaban J connectivity index is 3.07. The van der Waals surface area contributed by atoms with Crippen molar-refractivity contribution in [2.45, 2.75) is 43.4 Å². The standard InChI is InChI=1S/C14H19F4NO2S2/c1-2-3-7-10-22(11-14(17,18)13(15)16)19-23(20,21)12-8-5-4-6-9-12/h4-6,8-9,13H,2-3,7,10-11H2,1H3/t22-/m1/s1. The summed E-state index contributed by atoms with van der Waals surface area (Å²) >= 11 is 0. The van der Waals surface area contributed by atoms with Crippen molar-refractivity contribution in [2.24, 2.45) is 3.77 Å². The van der Waals surface area contributed by atoms with Crippen LogP contribution < -0.4 is 0 Å². The van der Waals surface area contributed by atoms with E-state index >= 15 is 0 Å². The van der Waals surface area contributed by atoms with E-state index in [0.29, 0.717) is 12.8 Å². The van der Waals surface area contributed by atoms with Crippen molar-refractivity contribution in [3.63, 3.8) is 0 Å². The third-order valence-corrected chi connectivity index (χ3v) is 6.88. The topological polar surface area (TPSA) is 46.5 Å². The average Bonchev–Trinajstić information content (AvgIpc) is 2.47. The number of hydrogen-bond acceptors (Lipinski definition) is 2. The second kappa shape index (κ2) is 8.77. The van der Waals surface area contributed by atoms with Crippen LogP contribution in [0.5, 0.6) is 0 Å². The number of alkyl halides is 4. The molecule has 0 aliphatic rings. The van der Waals surface area contributed by atoms with Crippen LogP contribution in [0, 0.1) is 0 Å². The SMILES string of the molecule is CCCCC[S@](CC(F)(F)C(F)F)=NS(=O)(=O)c1ccccc1. The van der Waals surface area contributed by atoms with Gasteiger partial charge in [0.15, 0.2) is 0 Å². The Morgan fingerprint density at radius 3 is 2.30 bits per heavy atom. The van der Waals surface area contributed by atoms with Crippen molar-refractivity contribution < 1.29 is 26.0 Å². The molecule has 0 saturated carbocycles. The number of unbranched alkanes of at least 4 members (excludes halogenated alkanes) is 2. The van der Waals surface area contributed by atoms with Crippen LogP contribution in [-0.4, -0.2) is 32.3 Å². The van der Waals surface area contributed by atoms with Crippen molar-refractivity contribution in [2.75, 3.05) is 11.5 Å². The van der Waals surface area contributed by atoms with Crippen LogP contribution in [0.1, 0.15) is 26.2 Å². The maximum Gasteiger partial charge on any atom is 0.317 e. The molecule has 0 spiro atoms. The smallest absolute Gasteiger partial charge is 0.204 e. The Morgan fingerprint density at radius 1 is 1.17 bits per heavy atom. The lowest BCUT2D eigenvalue weighted by atomic mass is 10.3.